The molecule has 3 heteroatoms. The predicted octanol–water partition coefficient (Wildman–Crippen LogP) is 2.72. The molecule has 0 rings (SSSR count). The Morgan fingerprint density at radius 2 is 1.82 bits per heavy atom. The van der Waals surface area contributed by atoms with E-state index in [-0.39, 0.29) is 6.10 Å². The standard InChI is InChI=1S/C14H31NO2/c1-4-6-8-9-13(3)15-11-14(16)12-17-10-7-5-2/h13-16H,4-12H2,1-3H3. The summed E-state index contributed by atoms with van der Waals surface area (Å²) in [6, 6.07) is 0.492. The van der Waals surface area contributed by atoms with Crippen molar-refractivity contribution >= 4 is 0 Å². The number of rotatable bonds is 12. The molecule has 0 amide bonds. The summed E-state index contributed by atoms with van der Waals surface area (Å²) in [5, 5.41) is 13.0. The fraction of sp³-hybridized carbons (Fsp3) is 1.00. The molecule has 0 spiro atoms. The minimum absolute atomic E-state index is 0.375. The van der Waals surface area contributed by atoms with E-state index < -0.39 is 0 Å². The van der Waals surface area contributed by atoms with Crippen LogP contribution in [0.1, 0.15) is 59.3 Å². The third kappa shape index (κ3) is 12.1. The van der Waals surface area contributed by atoms with Crippen LogP contribution in [0.15, 0.2) is 0 Å². The van der Waals surface area contributed by atoms with Crippen LogP contribution in [0.4, 0.5) is 0 Å². The summed E-state index contributed by atoms with van der Waals surface area (Å²) in [5.41, 5.74) is 0. The zero-order chi connectivity index (χ0) is 12.9. The highest BCUT2D eigenvalue weighted by molar-refractivity contribution is 4.65. The molecule has 0 fully saturated rings. The second-order valence-electron chi connectivity index (χ2n) is 4.89. The average Bonchev–Trinajstić information content (AvgIpc) is 2.32. The van der Waals surface area contributed by atoms with Gasteiger partial charge >= 0.3 is 0 Å². The van der Waals surface area contributed by atoms with Gasteiger partial charge in [-0.1, -0.05) is 39.5 Å². The van der Waals surface area contributed by atoms with Gasteiger partial charge in [-0.3, -0.25) is 0 Å². The van der Waals surface area contributed by atoms with Crippen molar-refractivity contribution in [3.05, 3.63) is 0 Å². The van der Waals surface area contributed by atoms with Crippen molar-refractivity contribution in [3.63, 3.8) is 0 Å². The van der Waals surface area contributed by atoms with Crippen LogP contribution in [0.2, 0.25) is 0 Å². The summed E-state index contributed by atoms with van der Waals surface area (Å²) in [4.78, 5) is 0. The molecule has 0 saturated carbocycles. The largest absolute Gasteiger partial charge is 0.389 e. The maximum Gasteiger partial charge on any atom is 0.0897 e. The van der Waals surface area contributed by atoms with Crippen molar-refractivity contribution in [1.82, 2.24) is 5.32 Å². The van der Waals surface area contributed by atoms with E-state index in [1.54, 1.807) is 0 Å². The van der Waals surface area contributed by atoms with E-state index in [1.165, 1.54) is 25.7 Å². The summed E-state index contributed by atoms with van der Waals surface area (Å²) in [7, 11) is 0. The number of aliphatic hydroxyl groups excluding tert-OH is 1. The SMILES string of the molecule is CCCCCC(C)NCC(O)COCCCC. The topological polar surface area (TPSA) is 41.5 Å². The fourth-order valence-electron chi connectivity index (χ4n) is 1.66. The summed E-state index contributed by atoms with van der Waals surface area (Å²) in [5.74, 6) is 0. The molecule has 0 aliphatic rings. The Balaban J connectivity index is 3.32. The molecule has 0 saturated heterocycles. The Labute approximate surface area is 107 Å². The lowest BCUT2D eigenvalue weighted by Gasteiger charge is -2.17. The summed E-state index contributed by atoms with van der Waals surface area (Å²) in [6.07, 6.45) is 6.87. The van der Waals surface area contributed by atoms with Gasteiger partial charge in [-0.05, 0) is 19.8 Å². The van der Waals surface area contributed by atoms with Crippen LogP contribution in [0.5, 0.6) is 0 Å². The Hall–Kier alpha value is -0.120. The molecule has 0 aromatic rings. The first-order valence-electron chi connectivity index (χ1n) is 7.19. The van der Waals surface area contributed by atoms with Crippen LogP contribution in [-0.2, 0) is 4.74 Å². The number of nitrogens with one attached hydrogen (secondary N) is 1. The van der Waals surface area contributed by atoms with Gasteiger partial charge in [0, 0.05) is 19.2 Å². The van der Waals surface area contributed by atoms with Crippen LogP contribution in [0.3, 0.4) is 0 Å². The van der Waals surface area contributed by atoms with Crippen molar-refractivity contribution in [2.75, 3.05) is 19.8 Å². The number of hydrogen-bond donors (Lipinski definition) is 2. The van der Waals surface area contributed by atoms with Gasteiger partial charge in [-0.25, -0.2) is 0 Å². The first-order chi connectivity index (χ1) is 8.20. The lowest BCUT2D eigenvalue weighted by Crippen LogP contribution is -2.36. The normalized spacial score (nSPS) is 14.8. The summed E-state index contributed by atoms with van der Waals surface area (Å²) < 4.78 is 5.38. The van der Waals surface area contributed by atoms with Gasteiger partial charge in [0.05, 0.1) is 12.7 Å². The molecule has 0 aromatic heterocycles. The van der Waals surface area contributed by atoms with Gasteiger partial charge in [-0.2, -0.15) is 0 Å². The van der Waals surface area contributed by atoms with E-state index in [2.05, 4.69) is 26.1 Å². The number of unbranched alkanes of at least 4 members (excludes halogenated alkanes) is 3. The van der Waals surface area contributed by atoms with Crippen molar-refractivity contribution in [3.8, 4) is 0 Å². The fourth-order valence-corrected chi connectivity index (χ4v) is 1.66. The first kappa shape index (κ1) is 16.9. The van der Waals surface area contributed by atoms with Gasteiger partial charge in [-0.15, -0.1) is 0 Å². The molecule has 17 heavy (non-hydrogen) atoms. The molecule has 2 unspecified atom stereocenters. The molecular formula is C14H31NO2. The van der Waals surface area contributed by atoms with Gasteiger partial charge in [0.15, 0.2) is 0 Å². The number of ether oxygens (including phenoxy) is 1. The second kappa shape index (κ2) is 12.3. The van der Waals surface area contributed by atoms with E-state index in [1.807, 2.05) is 0 Å². The third-order valence-corrected chi connectivity index (χ3v) is 2.90. The highest BCUT2D eigenvalue weighted by Gasteiger charge is 2.06. The monoisotopic (exact) mass is 245 g/mol. The molecule has 2 atom stereocenters. The van der Waals surface area contributed by atoms with E-state index in [0.29, 0.717) is 19.2 Å². The molecule has 104 valence electrons. The maximum atomic E-state index is 9.68. The molecule has 0 bridgehead atoms. The van der Waals surface area contributed by atoms with Gasteiger partial charge in [0.25, 0.3) is 0 Å². The van der Waals surface area contributed by atoms with E-state index in [4.69, 9.17) is 4.74 Å². The van der Waals surface area contributed by atoms with Crippen LogP contribution in [0, 0.1) is 0 Å². The smallest absolute Gasteiger partial charge is 0.0897 e. The Bertz CT molecular complexity index is 153. The Morgan fingerprint density at radius 1 is 1.12 bits per heavy atom. The molecule has 0 aliphatic heterocycles. The quantitative estimate of drug-likeness (QED) is 0.519. The van der Waals surface area contributed by atoms with Crippen LogP contribution in [0.25, 0.3) is 0 Å². The minimum Gasteiger partial charge on any atom is -0.389 e. The third-order valence-electron chi connectivity index (χ3n) is 2.90. The van der Waals surface area contributed by atoms with Gasteiger partial charge in [0.2, 0.25) is 0 Å². The van der Waals surface area contributed by atoms with Crippen LogP contribution in [-0.4, -0.2) is 37.0 Å². The van der Waals surface area contributed by atoms with Gasteiger partial charge < -0.3 is 15.2 Å². The zero-order valence-corrected chi connectivity index (χ0v) is 11.9. The van der Waals surface area contributed by atoms with Crippen molar-refractivity contribution in [2.45, 2.75) is 71.4 Å². The predicted molar refractivity (Wildman–Crippen MR) is 73.3 cm³/mol. The van der Waals surface area contributed by atoms with Crippen molar-refractivity contribution in [2.24, 2.45) is 0 Å². The molecule has 0 aliphatic carbocycles. The lowest BCUT2D eigenvalue weighted by atomic mass is 10.1. The minimum atomic E-state index is -0.375. The molecule has 0 aromatic carbocycles. The molecular weight excluding hydrogens is 214 g/mol. The van der Waals surface area contributed by atoms with Crippen LogP contribution < -0.4 is 5.32 Å². The Kier molecular flexibility index (Phi) is 12.3. The molecule has 3 nitrogen and oxygen atoms in total. The van der Waals surface area contributed by atoms with Crippen molar-refractivity contribution in [1.29, 1.82) is 0 Å². The molecule has 0 heterocycles. The maximum absolute atomic E-state index is 9.68. The Morgan fingerprint density at radius 3 is 2.47 bits per heavy atom. The highest BCUT2D eigenvalue weighted by atomic mass is 16.5. The summed E-state index contributed by atoms with van der Waals surface area (Å²) in [6.45, 7) is 8.39. The lowest BCUT2D eigenvalue weighted by molar-refractivity contribution is 0.0347. The molecule has 2 N–H and O–H groups in total. The van der Waals surface area contributed by atoms with Crippen molar-refractivity contribution < 1.29 is 9.84 Å². The average molecular weight is 245 g/mol. The summed E-state index contributed by atoms with van der Waals surface area (Å²) >= 11 is 0. The number of aliphatic hydroxyl groups is 1. The highest BCUT2D eigenvalue weighted by Crippen LogP contribution is 2.02. The van der Waals surface area contributed by atoms with Gasteiger partial charge in [0.1, 0.15) is 0 Å². The van der Waals surface area contributed by atoms with E-state index >= 15 is 0 Å². The number of hydrogen-bond acceptors (Lipinski definition) is 3. The zero-order valence-electron chi connectivity index (χ0n) is 11.9. The molecule has 0 radical (unpaired) electrons. The second-order valence-corrected chi connectivity index (χ2v) is 4.89. The van der Waals surface area contributed by atoms with E-state index in [9.17, 15) is 5.11 Å². The van der Waals surface area contributed by atoms with E-state index in [0.717, 1.165) is 19.4 Å². The first-order valence-corrected chi connectivity index (χ1v) is 7.19. The van der Waals surface area contributed by atoms with Crippen LogP contribution >= 0.6 is 0 Å².